The summed E-state index contributed by atoms with van der Waals surface area (Å²) < 4.78 is 62.5. The fourth-order valence-electron chi connectivity index (χ4n) is 3.72. The van der Waals surface area contributed by atoms with Gasteiger partial charge in [-0.2, -0.15) is 4.31 Å². The molecular weight excluding hydrogens is 468 g/mol. The Morgan fingerprint density at radius 1 is 1.00 bits per heavy atom. The predicted molar refractivity (Wildman–Crippen MR) is 124 cm³/mol. The van der Waals surface area contributed by atoms with Crippen molar-refractivity contribution in [1.82, 2.24) is 4.31 Å². The van der Waals surface area contributed by atoms with Crippen LogP contribution in [0, 0.1) is 5.92 Å². The van der Waals surface area contributed by atoms with Gasteiger partial charge >= 0.3 is 0 Å². The van der Waals surface area contributed by atoms with E-state index in [1.54, 1.807) is 25.1 Å². The van der Waals surface area contributed by atoms with E-state index in [2.05, 4.69) is 5.32 Å². The molecule has 0 atom stereocenters. The molecule has 0 unspecified atom stereocenters. The number of nitrogens with one attached hydrogen (secondary N) is 1. The van der Waals surface area contributed by atoms with Crippen LogP contribution < -0.4 is 14.8 Å². The second kappa shape index (κ2) is 10.1. The van der Waals surface area contributed by atoms with E-state index in [0.29, 0.717) is 24.3 Å². The van der Waals surface area contributed by atoms with Gasteiger partial charge in [0.25, 0.3) is 0 Å². The first kappa shape index (κ1) is 25.0. The number of amides is 1. The van der Waals surface area contributed by atoms with Gasteiger partial charge in [-0.3, -0.25) is 4.79 Å². The average molecular weight is 497 g/mol. The number of hydrogen-bond acceptors (Lipinski definition) is 7. The number of carbonyl (C=O) groups excluding carboxylic acids is 1. The standard InChI is InChI=1S/C22H28N2O7S2/c1-4-32(26,27)21-8-6-5-7-18(21)23-22(25)16-11-13-24(14-12-16)33(28,29)17-9-10-19(30-2)20(15-17)31-3/h5-10,15-16H,4,11-14H2,1-3H3,(H,23,25). The fourth-order valence-corrected chi connectivity index (χ4v) is 6.25. The molecule has 33 heavy (non-hydrogen) atoms. The Bertz CT molecular complexity index is 1220. The maximum Gasteiger partial charge on any atom is 0.243 e. The van der Waals surface area contributed by atoms with E-state index in [1.807, 2.05) is 0 Å². The normalized spacial score (nSPS) is 15.7. The molecule has 2 aromatic rings. The van der Waals surface area contributed by atoms with Crippen LogP contribution in [0.5, 0.6) is 11.5 Å². The Morgan fingerprint density at radius 2 is 1.64 bits per heavy atom. The molecule has 180 valence electrons. The number of piperidine rings is 1. The molecule has 1 fully saturated rings. The highest BCUT2D eigenvalue weighted by molar-refractivity contribution is 7.91. The predicted octanol–water partition coefficient (Wildman–Crippen LogP) is 2.54. The highest BCUT2D eigenvalue weighted by Gasteiger charge is 2.33. The maximum atomic E-state index is 13.1. The summed E-state index contributed by atoms with van der Waals surface area (Å²) in [6.45, 7) is 1.88. The summed E-state index contributed by atoms with van der Waals surface area (Å²) in [4.78, 5) is 13.0. The molecule has 1 N–H and O–H groups in total. The molecule has 1 saturated heterocycles. The van der Waals surface area contributed by atoms with Gasteiger partial charge in [0.15, 0.2) is 21.3 Å². The van der Waals surface area contributed by atoms with E-state index in [9.17, 15) is 21.6 Å². The number of para-hydroxylation sites is 1. The van der Waals surface area contributed by atoms with E-state index >= 15 is 0 Å². The lowest BCUT2D eigenvalue weighted by molar-refractivity contribution is -0.120. The van der Waals surface area contributed by atoms with E-state index in [-0.39, 0.29) is 40.2 Å². The van der Waals surface area contributed by atoms with Crippen molar-refractivity contribution in [2.45, 2.75) is 29.6 Å². The van der Waals surface area contributed by atoms with Gasteiger partial charge in [-0.25, -0.2) is 16.8 Å². The first-order valence-corrected chi connectivity index (χ1v) is 13.6. The highest BCUT2D eigenvalue weighted by Crippen LogP contribution is 2.32. The van der Waals surface area contributed by atoms with Gasteiger partial charge in [-0.1, -0.05) is 19.1 Å². The van der Waals surface area contributed by atoms with Gasteiger partial charge in [0.1, 0.15) is 0 Å². The van der Waals surface area contributed by atoms with Crippen molar-refractivity contribution in [2.75, 3.05) is 38.4 Å². The summed E-state index contributed by atoms with van der Waals surface area (Å²) in [6.07, 6.45) is 0.641. The molecule has 1 aliphatic rings. The zero-order chi connectivity index (χ0) is 24.2. The highest BCUT2D eigenvalue weighted by atomic mass is 32.2. The minimum Gasteiger partial charge on any atom is -0.493 e. The van der Waals surface area contributed by atoms with Crippen LogP contribution in [0.25, 0.3) is 0 Å². The zero-order valence-electron chi connectivity index (χ0n) is 18.8. The van der Waals surface area contributed by atoms with Gasteiger partial charge in [0, 0.05) is 25.1 Å². The van der Waals surface area contributed by atoms with Gasteiger partial charge < -0.3 is 14.8 Å². The van der Waals surface area contributed by atoms with E-state index in [4.69, 9.17) is 9.47 Å². The number of methoxy groups -OCH3 is 2. The molecular formula is C22H28N2O7S2. The number of sulfonamides is 1. The molecule has 0 saturated carbocycles. The van der Waals surface area contributed by atoms with Crippen molar-refractivity contribution >= 4 is 31.5 Å². The van der Waals surface area contributed by atoms with Crippen LogP contribution in [0.15, 0.2) is 52.3 Å². The monoisotopic (exact) mass is 496 g/mol. The Kier molecular flexibility index (Phi) is 7.65. The van der Waals surface area contributed by atoms with Gasteiger partial charge in [0.05, 0.1) is 35.5 Å². The van der Waals surface area contributed by atoms with Crippen molar-refractivity contribution in [3.63, 3.8) is 0 Å². The molecule has 1 heterocycles. The number of carbonyl (C=O) groups is 1. The maximum absolute atomic E-state index is 13.1. The van der Waals surface area contributed by atoms with Crippen molar-refractivity contribution in [3.8, 4) is 11.5 Å². The van der Waals surface area contributed by atoms with Crippen LogP contribution in [-0.2, 0) is 24.7 Å². The zero-order valence-corrected chi connectivity index (χ0v) is 20.4. The van der Waals surface area contributed by atoms with Crippen LogP contribution in [-0.4, -0.2) is 60.1 Å². The Morgan fingerprint density at radius 3 is 2.24 bits per heavy atom. The number of ether oxygens (including phenoxy) is 2. The molecule has 0 aliphatic carbocycles. The third kappa shape index (κ3) is 5.31. The number of nitrogens with zero attached hydrogens (tertiary/aromatic N) is 1. The van der Waals surface area contributed by atoms with E-state index in [1.165, 1.54) is 42.8 Å². The van der Waals surface area contributed by atoms with Gasteiger partial charge in [-0.05, 0) is 37.1 Å². The molecule has 0 spiro atoms. The lowest BCUT2D eigenvalue weighted by atomic mass is 9.97. The number of anilines is 1. The largest absolute Gasteiger partial charge is 0.493 e. The minimum atomic E-state index is -3.77. The average Bonchev–Trinajstić information content (AvgIpc) is 2.83. The quantitative estimate of drug-likeness (QED) is 0.596. The summed E-state index contributed by atoms with van der Waals surface area (Å²) in [7, 11) is -4.36. The third-order valence-electron chi connectivity index (χ3n) is 5.68. The van der Waals surface area contributed by atoms with Crippen LogP contribution in [0.2, 0.25) is 0 Å². The van der Waals surface area contributed by atoms with Gasteiger partial charge in [-0.15, -0.1) is 0 Å². The Balaban J connectivity index is 1.70. The smallest absolute Gasteiger partial charge is 0.243 e. The van der Waals surface area contributed by atoms with Crippen LogP contribution >= 0.6 is 0 Å². The molecule has 0 radical (unpaired) electrons. The Hall–Kier alpha value is -2.63. The summed E-state index contributed by atoms with van der Waals surface area (Å²) >= 11 is 0. The molecule has 1 aliphatic heterocycles. The first-order chi connectivity index (χ1) is 15.6. The topological polar surface area (TPSA) is 119 Å². The fraction of sp³-hybridized carbons (Fsp3) is 0.409. The second-order valence-electron chi connectivity index (χ2n) is 7.58. The van der Waals surface area contributed by atoms with Gasteiger partial charge in [0.2, 0.25) is 15.9 Å². The van der Waals surface area contributed by atoms with Crippen LogP contribution in [0.3, 0.4) is 0 Å². The molecule has 0 bridgehead atoms. The molecule has 3 rings (SSSR count). The molecule has 0 aromatic heterocycles. The summed E-state index contributed by atoms with van der Waals surface area (Å²) in [5.41, 5.74) is 0.240. The number of rotatable bonds is 8. The van der Waals surface area contributed by atoms with Crippen molar-refractivity contribution in [2.24, 2.45) is 5.92 Å². The Labute approximate surface area is 194 Å². The molecule has 2 aromatic carbocycles. The van der Waals surface area contributed by atoms with Crippen LogP contribution in [0.4, 0.5) is 5.69 Å². The van der Waals surface area contributed by atoms with E-state index in [0.717, 1.165) is 0 Å². The minimum absolute atomic E-state index is 0.0771. The lowest BCUT2D eigenvalue weighted by Crippen LogP contribution is -2.41. The van der Waals surface area contributed by atoms with Crippen molar-refractivity contribution < 1.29 is 31.1 Å². The summed E-state index contributed by atoms with van der Waals surface area (Å²) in [6, 6.07) is 10.7. The number of benzene rings is 2. The molecule has 9 nitrogen and oxygen atoms in total. The SMILES string of the molecule is CCS(=O)(=O)c1ccccc1NC(=O)C1CCN(S(=O)(=O)c2ccc(OC)c(OC)c2)CC1. The van der Waals surface area contributed by atoms with Crippen molar-refractivity contribution in [3.05, 3.63) is 42.5 Å². The molecule has 1 amide bonds. The first-order valence-electron chi connectivity index (χ1n) is 10.5. The third-order valence-corrected chi connectivity index (χ3v) is 9.36. The van der Waals surface area contributed by atoms with Crippen molar-refractivity contribution in [1.29, 1.82) is 0 Å². The lowest BCUT2D eigenvalue weighted by Gasteiger charge is -2.30. The van der Waals surface area contributed by atoms with E-state index < -0.39 is 25.8 Å². The number of sulfone groups is 1. The summed E-state index contributed by atoms with van der Waals surface area (Å²) in [5.74, 6) is -0.0892. The number of hydrogen-bond donors (Lipinski definition) is 1. The molecule has 11 heteroatoms. The van der Waals surface area contributed by atoms with Crippen LogP contribution in [0.1, 0.15) is 19.8 Å². The second-order valence-corrected chi connectivity index (χ2v) is 11.8. The summed E-state index contributed by atoms with van der Waals surface area (Å²) in [5, 5.41) is 2.72.